The predicted octanol–water partition coefficient (Wildman–Crippen LogP) is 15.3. The average molecular weight is 1080 g/mol. The zero-order valence-corrected chi connectivity index (χ0v) is 40.9. The molecule has 0 fully saturated rings. The molecule has 0 aliphatic carbocycles. The van der Waals surface area contributed by atoms with Crippen LogP contribution in [-0.4, -0.2) is 27.8 Å². The van der Waals surface area contributed by atoms with Crippen LogP contribution in [0.1, 0.15) is 9.68 Å². The minimum atomic E-state index is -2.16. The molecule has 8 aromatic carbocycles. The van der Waals surface area contributed by atoms with Gasteiger partial charge in [-0.1, -0.05) is 149 Å². The van der Waals surface area contributed by atoms with E-state index >= 15 is 0 Å². The topological polar surface area (TPSA) is 30.7 Å². The van der Waals surface area contributed by atoms with E-state index in [0.717, 1.165) is 81.8 Å². The first kappa shape index (κ1) is 39.4. The first-order chi connectivity index (χ1) is 32.0. The number of pyridine rings is 1. The molecule has 6 heteroatoms. The van der Waals surface area contributed by atoms with Crippen LogP contribution >= 0.6 is 11.3 Å². The van der Waals surface area contributed by atoms with Gasteiger partial charge < -0.3 is 4.57 Å². The van der Waals surface area contributed by atoms with Crippen molar-refractivity contribution in [2.75, 3.05) is 0 Å². The molecule has 0 N–H and O–H groups in total. The van der Waals surface area contributed by atoms with Gasteiger partial charge in [-0.15, -0.1) is 12.1 Å². The Morgan fingerprint density at radius 3 is 1.95 bits per heavy atom. The fraction of sp³-hybridized carbons (Fsp3) is 0.0690. The standard InChI is InChI=1S/C44H29N2S.C14H16GeN.Ir/c1-29-16-18-33(19-17-29)36-26-27-38(43-42(36)37-25-22-34(28-41(37)47-43)31-12-6-3-7-13-31)44-45-39-14-8-9-15-40(39)46(44)35-23-20-32(21-24-35)30-10-4-2-5-11-30;1-15(2,3)13-9-10-14(16-11-13)12-7-5-4-6-8-12;/h2-26,28H,1H3;4-7,9-11H,1-3H3;/q2*-1;/i1D3;;. The smallest absolute Gasteiger partial charge is 0 e. The van der Waals surface area contributed by atoms with Crippen molar-refractivity contribution < 1.29 is 24.2 Å². The van der Waals surface area contributed by atoms with Crippen LogP contribution in [-0.2, 0) is 20.1 Å². The molecule has 0 saturated carbocycles. The van der Waals surface area contributed by atoms with Gasteiger partial charge in [0.2, 0.25) is 0 Å². The molecule has 3 heterocycles. The van der Waals surface area contributed by atoms with E-state index in [1.807, 2.05) is 66.9 Å². The van der Waals surface area contributed by atoms with Gasteiger partial charge >= 0.3 is 99.8 Å². The summed E-state index contributed by atoms with van der Waals surface area (Å²) >= 11 is 0.0313. The minimum absolute atomic E-state index is 0. The quantitative estimate of drug-likeness (QED) is 0.118. The first-order valence-electron chi connectivity index (χ1n) is 22.6. The molecular weight excluding hydrogens is 1040 g/mol. The summed E-state index contributed by atoms with van der Waals surface area (Å²) in [6, 6.07) is 72.9. The van der Waals surface area contributed by atoms with E-state index in [2.05, 4.69) is 160 Å². The average Bonchev–Trinajstić information content (AvgIpc) is 3.94. The van der Waals surface area contributed by atoms with E-state index in [4.69, 9.17) is 9.10 Å². The molecule has 11 rings (SSSR count). The van der Waals surface area contributed by atoms with E-state index in [0.29, 0.717) is 5.56 Å². The van der Waals surface area contributed by atoms with Crippen molar-refractivity contribution in [1.82, 2.24) is 14.5 Å². The third-order valence-electron chi connectivity index (χ3n) is 11.5. The van der Waals surface area contributed by atoms with Crippen molar-refractivity contribution in [1.29, 1.82) is 0 Å². The maximum absolute atomic E-state index is 7.89. The second kappa shape index (κ2) is 18.5. The number of aryl methyl sites for hydroxylation is 1. The summed E-state index contributed by atoms with van der Waals surface area (Å²) in [6.07, 6.45) is 2.04. The van der Waals surface area contributed by atoms with Gasteiger partial charge in [0.25, 0.3) is 0 Å². The van der Waals surface area contributed by atoms with Crippen LogP contribution in [0.3, 0.4) is 0 Å². The van der Waals surface area contributed by atoms with Gasteiger partial charge in [0, 0.05) is 34.6 Å². The van der Waals surface area contributed by atoms with Crippen molar-refractivity contribution in [3.8, 4) is 61.7 Å². The monoisotopic (exact) mass is 1090 g/mol. The van der Waals surface area contributed by atoms with Gasteiger partial charge in [-0.3, -0.25) is 4.98 Å². The molecule has 0 spiro atoms. The molecule has 0 amide bonds. The van der Waals surface area contributed by atoms with Gasteiger partial charge in [-0.25, -0.2) is 0 Å². The Bertz CT molecular complexity index is 3460. The molecule has 313 valence electrons. The number of para-hydroxylation sites is 2. The summed E-state index contributed by atoms with van der Waals surface area (Å²) in [5, 5.41) is 2.25. The summed E-state index contributed by atoms with van der Waals surface area (Å²) in [5.41, 5.74) is 12.9. The molecule has 11 aromatic rings. The fourth-order valence-electron chi connectivity index (χ4n) is 8.11. The van der Waals surface area contributed by atoms with Gasteiger partial charge in [-0.2, -0.15) is 11.3 Å². The number of nitrogens with zero attached hydrogens (tertiary/aromatic N) is 3. The third-order valence-corrected chi connectivity index (χ3v) is 16.9. The summed E-state index contributed by atoms with van der Waals surface area (Å²) in [6.45, 7) is -2.16. The van der Waals surface area contributed by atoms with Gasteiger partial charge in [0.15, 0.2) is 0 Å². The minimum Gasteiger partial charge on any atom is 0 e. The molecule has 0 saturated heterocycles. The molecule has 0 bridgehead atoms. The fourth-order valence-corrected chi connectivity index (χ4v) is 11.5. The van der Waals surface area contributed by atoms with Gasteiger partial charge in [0.1, 0.15) is 0 Å². The number of benzene rings is 8. The van der Waals surface area contributed by atoms with Crippen molar-refractivity contribution >= 4 is 60.2 Å². The van der Waals surface area contributed by atoms with Crippen LogP contribution in [0.25, 0.3) is 92.9 Å². The van der Waals surface area contributed by atoms with Crippen LogP contribution in [0.5, 0.6) is 0 Å². The number of hydrogen-bond acceptors (Lipinski definition) is 3. The van der Waals surface area contributed by atoms with Crippen LogP contribution in [0.15, 0.2) is 200 Å². The maximum Gasteiger partial charge on any atom is 0 e. The third kappa shape index (κ3) is 8.70. The molecule has 0 aliphatic heterocycles. The van der Waals surface area contributed by atoms with Crippen molar-refractivity contribution in [2.24, 2.45) is 0 Å². The van der Waals surface area contributed by atoms with E-state index in [1.54, 1.807) is 23.5 Å². The van der Waals surface area contributed by atoms with E-state index in [1.165, 1.54) is 15.5 Å². The molecule has 3 nitrogen and oxygen atoms in total. The van der Waals surface area contributed by atoms with Crippen LogP contribution in [0, 0.1) is 19.0 Å². The Labute approximate surface area is 400 Å². The summed E-state index contributed by atoms with van der Waals surface area (Å²) in [5.74, 6) is 7.96. The second-order valence-corrected chi connectivity index (χ2v) is 28.4. The first-order valence-corrected chi connectivity index (χ1v) is 29.3. The molecule has 1 radical (unpaired) electrons. The van der Waals surface area contributed by atoms with Crippen molar-refractivity contribution in [3.63, 3.8) is 0 Å². The van der Waals surface area contributed by atoms with Crippen molar-refractivity contribution in [2.45, 2.75) is 24.1 Å². The Morgan fingerprint density at radius 2 is 1.28 bits per heavy atom. The maximum atomic E-state index is 7.89. The predicted molar refractivity (Wildman–Crippen MR) is 271 cm³/mol. The summed E-state index contributed by atoms with van der Waals surface area (Å²) < 4.78 is 29.6. The van der Waals surface area contributed by atoms with Crippen LogP contribution < -0.4 is 4.40 Å². The number of imidazole rings is 1. The summed E-state index contributed by atoms with van der Waals surface area (Å²) in [4.78, 5) is 9.77. The molecule has 0 atom stereocenters. The number of hydrogen-bond donors (Lipinski definition) is 0. The Kier molecular flexibility index (Phi) is 11.4. The van der Waals surface area contributed by atoms with E-state index < -0.39 is 20.1 Å². The zero-order chi connectivity index (χ0) is 45.4. The molecule has 0 unspecified atom stereocenters. The van der Waals surface area contributed by atoms with Gasteiger partial charge in [0.05, 0.1) is 16.9 Å². The number of aromatic nitrogens is 3. The number of fused-ring (bicyclic) bond motifs is 4. The molecule has 64 heavy (non-hydrogen) atoms. The second-order valence-electron chi connectivity index (χ2n) is 16.7. The molecule has 3 aromatic heterocycles. The van der Waals surface area contributed by atoms with Crippen molar-refractivity contribution in [3.05, 3.63) is 218 Å². The van der Waals surface area contributed by atoms with E-state index in [-0.39, 0.29) is 20.1 Å². The SMILES string of the molecule is [2H]C([2H])([2H])c1ccc(-c2c[c-]c(-c3nc4ccccc4n3-c3ccc(-c4ccccc4)cc3)c3sc4cc(-c5ccccc5)ccc4c23)cc1.[CH3][Ge]([CH3])([CH3])[c]1ccc(-c2[c-]cccc2)nc1.[Ir]. The molecular formula is C58H45GeIrN3S-2. The summed E-state index contributed by atoms with van der Waals surface area (Å²) in [7, 11) is 0. The number of thiophene rings is 1. The van der Waals surface area contributed by atoms with Gasteiger partial charge in [-0.05, 0) is 69.5 Å². The van der Waals surface area contributed by atoms with Crippen LogP contribution in [0.4, 0.5) is 0 Å². The van der Waals surface area contributed by atoms with Crippen LogP contribution in [0.2, 0.25) is 17.3 Å². The zero-order valence-electron chi connectivity index (χ0n) is 38.6. The molecule has 0 aliphatic rings. The Morgan fingerprint density at radius 1 is 0.625 bits per heavy atom. The Balaban J connectivity index is 0.000000281. The Hall–Kier alpha value is -6.21. The normalized spacial score (nSPS) is 12.2. The largest absolute Gasteiger partial charge is 0 e. The van der Waals surface area contributed by atoms with E-state index in [9.17, 15) is 0 Å². The number of rotatable bonds is 7.